The molecule has 0 fully saturated rings. The van der Waals surface area contributed by atoms with Crippen molar-refractivity contribution in [2.24, 2.45) is 0 Å². The maximum absolute atomic E-state index is 10.6. The molecule has 0 spiro atoms. The van der Waals surface area contributed by atoms with Crippen LogP contribution in [0.3, 0.4) is 0 Å². The van der Waals surface area contributed by atoms with Gasteiger partial charge in [-0.05, 0) is 26.4 Å². The molecule has 0 aromatic carbocycles. The topological polar surface area (TPSA) is 76.1 Å². The summed E-state index contributed by atoms with van der Waals surface area (Å²) in [5.41, 5.74) is 0. The van der Waals surface area contributed by atoms with Gasteiger partial charge in [0.2, 0.25) is 0 Å². The number of likely N-dealkylation sites (N-methyl/N-ethyl adjacent to an activating group) is 1. The van der Waals surface area contributed by atoms with Crippen LogP contribution in [0.2, 0.25) is 0 Å². The van der Waals surface area contributed by atoms with Gasteiger partial charge in [-0.15, -0.1) is 11.3 Å². The molecule has 0 saturated carbocycles. The molecule has 2 rings (SSSR count). The number of thiophene rings is 1. The summed E-state index contributed by atoms with van der Waals surface area (Å²) in [6.45, 7) is 2.01. The predicted molar refractivity (Wildman–Crippen MR) is 77.4 cm³/mol. The fourth-order valence-electron chi connectivity index (χ4n) is 2.06. The lowest BCUT2D eigenvalue weighted by Gasteiger charge is -2.28. The van der Waals surface area contributed by atoms with Crippen molar-refractivity contribution >= 4 is 21.5 Å². The molecule has 114 valence electrons. The number of ether oxygens (including phenoxy) is 2. The fraction of sp³-hybridized carbons (Fsp3) is 0.667. The van der Waals surface area contributed by atoms with Crippen LogP contribution in [0, 0.1) is 0 Å². The first-order chi connectivity index (χ1) is 9.44. The van der Waals surface area contributed by atoms with Crippen molar-refractivity contribution in [2.45, 2.75) is 18.9 Å². The van der Waals surface area contributed by atoms with E-state index in [-0.39, 0.29) is 11.9 Å². The molecule has 0 aliphatic carbocycles. The van der Waals surface area contributed by atoms with Gasteiger partial charge in [0, 0.05) is 17.3 Å². The van der Waals surface area contributed by atoms with Crippen molar-refractivity contribution < 1.29 is 22.4 Å². The number of rotatable bonds is 7. The largest absolute Gasteiger partial charge is 0.485 e. The second-order valence-corrected chi connectivity index (χ2v) is 7.22. The zero-order valence-corrected chi connectivity index (χ0v) is 13.0. The molecule has 1 unspecified atom stereocenters. The van der Waals surface area contributed by atoms with E-state index in [0.717, 1.165) is 24.6 Å². The number of nitrogens with zero attached hydrogens (tertiary/aromatic N) is 1. The molecule has 2 heterocycles. The van der Waals surface area contributed by atoms with Gasteiger partial charge in [-0.1, -0.05) is 0 Å². The van der Waals surface area contributed by atoms with Crippen LogP contribution in [-0.4, -0.2) is 56.5 Å². The lowest BCUT2D eigenvalue weighted by atomic mass is 10.2. The summed E-state index contributed by atoms with van der Waals surface area (Å²) in [5, 5.41) is 3.85. The Kier molecular flexibility index (Phi) is 5.25. The van der Waals surface area contributed by atoms with Gasteiger partial charge in [-0.3, -0.25) is 4.55 Å². The third-order valence-electron chi connectivity index (χ3n) is 3.02. The van der Waals surface area contributed by atoms with Crippen LogP contribution in [0.15, 0.2) is 10.8 Å². The van der Waals surface area contributed by atoms with Crippen LogP contribution in [0.5, 0.6) is 11.5 Å². The third kappa shape index (κ3) is 4.93. The normalized spacial score (nSPS) is 18.4. The van der Waals surface area contributed by atoms with E-state index >= 15 is 0 Å². The molecule has 0 radical (unpaired) electrons. The minimum atomic E-state index is -3.84. The Balaban J connectivity index is 1.67. The van der Waals surface area contributed by atoms with Gasteiger partial charge in [0.05, 0.1) is 5.75 Å². The SMILES string of the molecule is CN(CCCCS(=O)(=O)O)CC1COc2cscc2O1. The minimum Gasteiger partial charge on any atom is -0.485 e. The quantitative estimate of drug-likeness (QED) is 0.606. The highest BCUT2D eigenvalue weighted by atomic mass is 32.2. The summed E-state index contributed by atoms with van der Waals surface area (Å²) < 4.78 is 41.2. The van der Waals surface area contributed by atoms with Crippen molar-refractivity contribution in [3.63, 3.8) is 0 Å². The number of hydrogen-bond donors (Lipinski definition) is 1. The van der Waals surface area contributed by atoms with Crippen LogP contribution in [0.1, 0.15) is 12.8 Å². The van der Waals surface area contributed by atoms with Gasteiger partial charge in [-0.2, -0.15) is 8.42 Å². The van der Waals surface area contributed by atoms with Crippen molar-refractivity contribution in [1.82, 2.24) is 4.90 Å². The fourth-order valence-corrected chi connectivity index (χ4v) is 3.30. The summed E-state index contributed by atoms with van der Waals surface area (Å²) in [6.07, 6.45) is 1.16. The second kappa shape index (κ2) is 6.75. The highest BCUT2D eigenvalue weighted by Gasteiger charge is 2.22. The van der Waals surface area contributed by atoms with Crippen molar-refractivity contribution in [2.75, 3.05) is 32.5 Å². The molecule has 1 atom stereocenters. The summed E-state index contributed by atoms with van der Waals surface area (Å²) in [7, 11) is -1.88. The number of unbranched alkanes of at least 4 members (excludes halogenated alkanes) is 1. The summed E-state index contributed by atoms with van der Waals surface area (Å²) >= 11 is 1.55. The highest BCUT2D eigenvalue weighted by molar-refractivity contribution is 7.85. The smallest absolute Gasteiger partial charge is 0.264 e. The van der Waals surface area contributed by atoms with E-state index in [2.05, 4.69) is 4.90 Å². The van der Waals surface area contributed by atoms with Crippen LogP contribution in [0.4, 0.5) is 0 Å². The van der Waals surface area contributed by atoms with Crippen molar-refractivity contribution in [3.05, 3.63) is 10.8 Å². The maximum atomic E-state index is 10.6. The van der Waals surface area contributed by atoms with E-state index in [9.17, 15) is 8.42 Å². The third-order valence-corrected chi connectivity index (χ3v) is 4.52. The first-order valence-electron chi connectivity index (χ1n) is 6.43. The Hall–Kier alpha value is -0.830. The lowest BCUT2D eigenvalue weighted by Crippen LogP contribution is -2.39. The van der Waals surface area contributed by atoms with Crippen LogP contribution >= 0.6 is 11.3 Å². The van der Waals surface area contributed by atoms with Gasteiger partial charge in [0.15, 0.2) is 11.5 Å². The molecule has 20 heavy (non-hydrogen) atoms. The van der Waals surface area contributed by atoms with E-state index in [0.29, 0.717) is 19.4 Å². The monoisotopic (exact) mass is 321 g/mol. The average Bonchev–Trinajstić information content (AvgIpc) is 2.81. The van der Waals surface area contributed by atoms with Gasteiger partial charge < -0.3 is 14.4 Å². The Labute approximate surface area is 123 Å². The minimum absolute atomic E-state index is 0.0105. The molecule has 1 aromatic rings. The summed E-state index contributed by atoms with van der Waals surface area (Å²) in [4.78, 5) is 2.08. The molecule has 1 aromatic heterocycles. The first-order valence-corrected chi connectivity index (χ1v) is 8.98. The molecule has 0 saturated heterocycles. The van der Waals surface area contributed by atoms with E-state index in [1.54, 1.807) is 11.3 Å². The van der Waals surface area contributed by atoms with E-state index < -0.39 is 10.1 Å². The van der Waals surface area contributed by atoms with E-state index in [1.807, 2.05) is 17.8 Å². The van der Waals surface area contributed by atoms with Crippen molar-refractivity contribution in [1.29, 1.82) is 0 Å². The van der Waals surface area contributed by atoms with Crippen LogP contribution in [0.25, 0.3) is 0 Å². The standard InChI is InChI=1S/C12H19NO5S2/c1-13(4-2-3-5-20(14,15)16)6-10-7-17-11-8-19-9-12(11)18-10/h8-10H,2-7H2,1H3,(H,14,15,16). The molecule has 0 amide bonds. The zero-order chi connectivity index (χ0) is 14.6. The van der Waals surface area contributed by atoms with Gasteiger partial charge in [-0.25, -0.2) is 0 Å². The molecule has 1 aliphatic heterocycles. The molecule has 1 N–H and O–H groups in total. The molecule has 1 aliphatic rings. The Morgan fingerprint density at radius 3 is 2.90 bits per heavy atom. The van der Waals surface area contributed by atoms with E-state index in [1.165, 1.54) is 0 Å². The number of hydrogen-bond acceptors (Lipinski definition) is 6. The Morgan fingerprint density at radius 1 is 1.40 bits per heavy atom. The Morgan fingerprint density at radius 2 is 2.15 bits per heavy atom. The molecular weight excluding hydrogens is 302 g/mol. The van der Waals surface area contributed by atoms with Gasteiger partial charge in [0.1, 0.15) is 12.7 Å². The van der Waals surface area contributed by atoms with Crippen LogP contribution < -0.4 is 9.47 Å². The molecule has 0 bridgehead atoms. The van der Waals surface area contributed by atoms with Crippen LogP contribution in [-0.2, 0) is 10.1 Å². The summed E-state index contributed by atoms with van der Waals surface area (Å²) in [6, 6.07) is 0. The first kappa shape index (κ1) is 15.6. The summed E-state index contributed by atoms with van der Waals surface area (Å²) in [5.74, 6) is 1.43. The highest BCUT2D eigenvalue weighted by Crippen LogP contribution is 2.35. The Bertz CT molecular complexity index is 528. The lowest BCUT2D eigenvalue weighted by molar-refractivity contribution is 0.0663. The zero-order valence-electron chi connectivity index (χ0n) is 11.3. The van der Waals surface area contributed by atoms with E-state index in [4.69, 9.17) is 14.0 Å². The van der Waals surface area contributed by atoms with Gasteiger partial charge in [0.25, 0.3) is 10.1 Å². The predicted octanol–water partition coefficient (Wildman–Crippen LogP) is 1.49. The molecule has 8 heteroatoms. The van der Waals surface area contributed by atoms with Gasteiger partial charge >= 0.3 is 0 Å². The second-order valence-electron chi connectivity index (χ2n) is 4.91. The number of fused-ring (bicyclic) bond motifs is 1. The molecular formula is C12H19NO5S2. The van der Waals surface area contributed by atoms with Crippen molar-refractivity contribution in [3.8, 4) is 11.5 Å². The maximum Gasteiger partial charge on any atom is 0.264 e. The average molecular weight is 321 g/mol. The molecule has 6 nitrogen and oxygen atoms in total.